The maximum absolute atomic E-state index is 14.0. The number of esters is 1. The van der Waals surface area contributed by atoms with Gasteiger partial charge in [0.1, 0.15) is 5.75 Å². The first-order valence-electron chi connectivity index (χ1n) is 13.2. The van der Waals surface area contributed by atoms with Gasteiger partial charge in [0.25, 0.3) is 0 Å². The Labute approximate surface area is 234 Å². The van der Waals surface area contributed by atoms with Crippen LogP contribution in [0.15, 0.2) is 65.0 Å². The first kappa shape index (κ1) is 27.2. The molecule has 0 spiro atoms. The number of ketones is 2. The van der Waals surface area contributed by atoms with Crippen molar-refractivity contribution < 1.29 is 23.9 Å². The van der Waals surface area contributed by atoms with Crippen LogP contribution in [-0.4, -0.2) is 31.8 Å². The van der Waals surface area contributed by atoms with Gasteiger partial charge in [-0.2, -0.15) is 0 Å². The number of methoxy groups -OCH3 is 2. The van der Waals surface area contributed by atoms with Gasteiger partial charge in [-0.1, -0.05) is 51.4 Å². The SMILES string of the molecule is COC(=O)c1ccc(C2C3=C(CC(C)(C)CC3=O)N(c3ccc(OC)c(Cl)c3)C3=C2C(=O)CC(C)(C)C3)cc1. The van der Waals surface area contributed by atoms with E-state index in [9.17, 15) is 14.4 Å². The fourth-order valence-electron chi connectivity index (χ4n) is 6.33. The van der Waals surface area contributed by atoms with Crippen LogP contribution in [0.5, 0.6) is 5.75 Å². The zero-order valence-electron chi connectivity index (χ0n) is 23.3. The maximum atomic E-state index is 14.0. The number of carbonyl (C=O) groups excluding carboxylic acids is 3. The molecule has 5 rings (SSSR count). The Hall–Kier alpha value is -3.38. The number of nitrogens with zero attached hydrogens (tertiary/aromatic N) is 1. The lowest BCUT2D eigenvalue weighted by Gasteiger charge is -2.49. The topological polar surface area (TPSA) is 72.9 Å². The average Bonchev–Trinajstić information content (AvgIpc) is 2.85. The summed E-state index contributed by atoms with van der Waals surface area (Å²) in [7, 11) is 2.92. The molecule has 2 aliphatic carbocycles. The quantitative estimate of drug-likeness (QED) is 0.383. The van der Waals surface area contributed by atoms with Crippen molar-refractivity contribution in [1.29, 1.82) is 0 Å². The van der Waals surface area contributed by atoms with Crippen LogP contribution < -0.4 is 9.64 Å². The van der Waals surface area contributed by atoms with E-state index in [0.717, 1.165) is 22.6 Å². The third-order valence-corrected chi connectivity index (χ3v) is 8.26. The van der Waals surface area contributed by atoms with E-state index in [1.165, 1.54) is 7.11 Å². The summed E-state index contributed by atoms with van der Waals surface area (Å²) >= 11 is 6.59. The molecule has 0 radical (unpaired) electrons. The Bertz CT molecular complexity index is 1390. The third kappa shape index (κ3) is 4.80. The van der Waals surface area contributed by atoms with Crippen molar-refractivity contribution in [3.63, 3.8) is 0 Å². The van der Waals surface area contributed by atoms with Crippen LogP contribution in [0.2, 0.25) is 5.02 Å². The Morgan fingerprint density at radius 2 is 1.38 bits per heavy atom. The van der Waals surface area contributed by atoms with Gasteiger partial charge in [-0.15, -0.1) is 0 Å². The lowest BCUT2D eigenvalue weighted by Crippen LogP contribution is -2.44. The molecule has 1 aliphatic heterocycles. The third-order valence-electron chi connectivity index (χ3n) is 7.97. The highest BCUT2D eigenvalue weighted by Gasteiger charge is 2.49. The number of anilines is 1. The molecule has 0 bridgehead atoms. The van der Waals surface area contributed by atoms with E-state index < -0.39 is 11.9 Å². The summed E-state index contributed by atoms with van der Waals surface area (Å²) in [5.41, 5.74) is 4.64. The number of allylic oxidation sites excluding steroid dienone is 4. The van der Waals surface area contributed by atoms with E-state index in [4.69, 9.17) is 21.1 Å². The number of hydrogen-bond donors (Lipinski definition) is 0. The molecule has 0 N–H and O–H groups in total. The average molecular weight is 548 g/mol. The molecule has 6 nitrogen and oxygen atoms in total. The van der Waals surface area contributed by atoms with Gasteiger partial charge in [0.2, 0.25) is 0 Å². The summed E-state index contributed by atoms with van der Waals surface area (Å²) in [6.07, 6.45) is 2.11. The minimum absolute atomic E-state index is 0.0390. The van der Waals surface area contributed by atoms with E-state index in [2.05, 4.69) is 32.6 Å². The van der Waals surface area contributed by atoms with Gasteiger partial charge in [-0.05, 0) is 59.6 Å². The molecule has 39 heavy (non-hydrogen) atoms. The van der Waals surface area contributed by atoms with Gasteiger partial charge in [-0.3, -0.25) is 9.59 Å². The van der Waals surface area contributed by atoms with Gasteiger partial charge in [-0.25, -0.2) is 4.79 Å². The van der Waals surface area contributed by atoms with Crippen LogP contribution in [0.25, 0.3) is 0 Å². The lowest BCUT2D eigenvalue weighted by molar-refractivity contribution is -0.119. The second-order valence-corrected chi connectivity index (χ2v) is 12.7. The van der Waals surface area contributed by atoms with Gasteiger partial charge < -0.3 is 14.4 Å². The van der Waals surface area contributed by atoms with Crippen molar-refractivity contribution in [3.05, 3.63) is 81.2 Å². The summed E-state index contributed by atoms with van der Waals surface area (Å²) in [6, 6.07) is 12.7. The van der Waals surface area contributed by atoms with E-state index in [1.807, 2.05) is 30.3 Å². The van der Waals surface area contributed by atoms with Gasteiger partial charge in [0.15, 0.2) is 11.6 Å². The minimum atomic E-state index is -0.501. The molecule has 2 aromatic rings. The number of rotatable bonds is 4. The monoisotopic (exact) mass is 547 g/mol. The molecular formula is C32H34ClNO5. The number of benzene rings is 2. The predicted molar refractivity (Wildman–Crippen MR) is 151 cm³/mol. The van der Waals surface area contributed by atoms with Crippen molar-refractivity contribution >= 4 is 34.8 Å². The van der Waals surface area contributed by atoms with Crippen molar-refractivity contribution in [3.8, 4) is 5.75 Å². The van der Waals surface area contributed by atoms with Gasteiger partial charge in [0, 0.05) is 47.0 Å². The zero-order chi connectivity index (χ0) is 28.3. The smallest absolute Gasteiger partial charge is 0.337 e. The van der Waals surface area contributed by atoms with Crippen LogP contribution in [-0.2, 0) is 14.3 Å². The Morgan fingerprint density at radius 3 is 1.85 bits per heavy atom. The van der Waals surface area contributed by atoms with Gasteiger partial charge >= 0.3 is 5.97 Å². The summed E-state index contributed by atoms with van der Waals surface area (Å²) in [5.74, 6) is -0.295. The standard InChI is InChI=1S/C32H34ClNO5/c1-31(2)14-22-28(24(35)16-31)27(18-7-9-19(10-8-18)30(37)39-6)29-23(15-32(3,4)17-25(29)36)34(22)20-11-12-26(38-5)21(33)13-20/h7-13,27H,14-17H2,1-6H3. The molecular weight excluding hydrogens is 514 g/mol. The van der Waals surface area contributed by atoms with E-state index in [1.54, 1.807) is 19.2 Å². The van der Waals surface area contributed by atoms with E-state index in [0.29, 0.717) is 53.2 Å². The molecule has 0 aromatic heterocycles. The molecule has 204 valence electrons. The second kappa shape index (κ2) is 9.67. The van der Waals surface area contributed by atoms with Crippen LogP contribution in [0.3, 0.4) is 0 Å². The van der Waals surface area contributed by atoms with Crippen LogP contribution in [0.1, 0.15) is 75.2 Å². The Morgan fingerprint density at radius 1 is 0.846 bits per heavy atom. The maximum Gasteiger partial charge on any atom is 0.337 e. The highest BCUT2D eigenvalue weighted by atomic mass is 35.5. The number of carbonyl (C=O) groups is 3. The number of Topliss-reactive ketones (excluding diaryl/α,β-unsaturated/α-hetero) is 2. The number of halogens is 1. The summed E-state index contributed by atoms with van der Waals surface area (Å²) in [5, 5.41) is 0.461. The fraction of sp³-hybridized carbons (Fsp3) is 0.406. The Kier molecular flexibility index (Phi) is 6.74. The molecule has 0 fully saturated rings. The highest BCUT2D eigenvalue weighted by molar-refractivity contribution is 6.32. The van der Waals surface area contributed by atoms with Crippen molar-refractivity contribution in [2.45, 2.75) is 59.3 Å². The molecule has 3 aliphatic rings. The zero-order valence-corrected chi connectivity index (χ0v) is 24.1. The molecule has 0 atom stereocenters. The van der Waals surface area contributed by atoms with Crippen molar-refractivity contribution in [2.75, 3.05) is 19.1 Å². The molecule has 7 heteroatoms. The predicted octanol–water partition coefficient (Wildman–Crippen LogP) is 7.03. The molecule has 2 aromatic carbocycles. The number of hydrogen-bond acceptors (Lipinski definition) is 6. The summed E-state index contributed by atoms with van der Waals surface area (Å²) < 4.78 is 10.3. The first-order valence-corrected chi connectivity index (χ1v) is 13.6. The van der Waals surface area contributed by atoms with Crippen LogP contribution in [0, 0.1) is 10.8 Å². The Balaban J connectivity index is 1.79. The molecule has 0 saturated heterocycles. The molecule has 0 unspecified atom stereocenters. The van der Waals surface area contributed by atoms with E-state index >= 15 is 0 Å². The summed E-state index contributed by atoms with van der Waals surface area (Å²) in [4.78, 5) is 42.1. The van der Waals surface area contributed by atoms with Crippen molar-refractivity contribution in [2.24, 2.45) is 10.8 Å². The normalized spacial score (nSPS) is 20.5. The molecule has 0 amide bonds. The molecule has 0 saturated carbocycles. The van der Waals surface area contributed by atoms with Gasteiger partial charge in [0.05, 0.1) is 24.8 Å². The second-order valence-electron chi connectivity index (χ2n) is 12.3. The highest BCUT2D eigenvalue weighted by Crippen LogP contribution is 2.55. The lowest BCUT2D eigenvalue weighted by atomic mass is 9.63. The summed E-state index contributed by atoms with van der Waals surface area (Å²) in [6.45, 7) is 8.42. The van der Waals surface area contributed by atoms with Crippen molar-refractivity contribution in [1.82, 2.24) is 0 Å². The fourth-order valence-corrected chi connectivity index (χ4v) is 6.59. The van der Waals surface area contributed by atoms with E-state index in [-0.39, 0.29) is 22.4 Å². The largest absolute Gasteiger partial charge is 0.495 e. The first-order chi connectivity index (χ1) is 18.4. The van der Waals surface area contributed by atoms with Crippen LogP contribution >= 0.6 is 11.6 Å². The minimum Gasteiger partial charge on any atom is -0.495 e. The number of ether oxygens (including phenoxy) is 2. The van der Waals surface area contributed by atoms with Crippen LogP contribution in [0.4, 0.5) is 5.69 Å². The molecule has 1 heterocycles.